The van der Waals surface area contributed by atoms with Crippen molar-refractivity contribution in [3.05, 3.63) is 77.6 Å². The van der Waals surface area contributed by atoms with Crippen LogP contribution in [0.5, 0.6) is 0 Å². The van der Waals surface area contributed by atoms with Crippen LogP contribution in [-0.4, -0.2) is 47.1 Å². The minimum atomic E-state index is -4.58. The zero-order valence-electron chi connectivity index (χ0n) is 18.9. The fourth-order valence-electron chi connectivity index (χ4n) is 3.40. The number of nitrogens with zero attached hydrogens (tertiary/aromatic N) is 3. The highest BCUT2D eigenvalue weighted by molar-refractivity contribution is 7.90. The molecule has 13 heteroatoms. The average molecular weight is 521 g/mol. The SMILES string of the molecule is CCN(C)S(=O)(=O)Nc1cccc(C(=O)c2c[nH]c3ncc(-c4ccc(C(F)(F)F)nc4)cc23)c1F. The van der Waals surface area contributed by atoms with Crippen molar-refractivity contribution >= 4 is 32.7 Å². The van der Waals surface area contributed by atoms with E-state index in [1.54, 1.807) is 6.92 Å². The van der Waals surface area contributed by atoms with Crippen molar-refractivity contribution in [2.24, 2.45) is 0 Å². The van der Waals surface area contributed by atoms with E-state index in [1.165, 1.54) is 49.8 Å². The number of benzene rings is 1. The Morgan fingerprint density at radius 3 is 2.44 bits per heavy atom. The van der Waals surface area contributed by atoms with Gasteiger partial charge in [0.1, 0.15) is 11.3 Å². The van der Waals surface area contributed by atoms with Crippen LogP contribution < -0.4 is 4.72 Å². The summed E-state index contributed by atoms with van der Waals surface area (Å²) in [6.07, 6.45) is -0.810. The first-order valence-electron chi connectivity index (χ1n) is 10.5. The van der Waals surface area contributed by atoms with Crippen LogP contribution in [0.25, 0.3) is 22.2 Å². The number of pyridine rings is 2. The Hall–Kier alpha value is -3.84. The lowest BCUT2D eigenvalue weighted by Gasteiger charge is -2.17. The Morgan fingerprint density at radius 2 is 1.81 bits per heavy atom. The zero-order valence-corrected chi connectivity index (χ0v) is 19.7. The number of carbonyl (C=O) groups is 1. The number of alkyl halides is 3. The van der Waals surface area contributed by atoms with Crippen molar-refractivity contribution in [1.82, 2.24) is 19.3 Å². The number of hydrogen-bond donors (Lipinski definition) is 2. The fraction of sp³-hybridized carbons (Fsp3) is 0.174. The molecule has 0 fully saturated rings. The first-order chi connectivity index (χ1) is 16.9. The number of halogens is 4. The summed E-state index contributed by atoms with van der Waals surface area (Å²) in [5.74, 6) is -1.80. The van der Waals surface area contributed by atoms with Crippen LogP contribution in [0.2, 0.25) is 0 Å². The van der Waals surface area contributed by atoms with Gasteiger partial charge in [0.2, 0.25) is 0 Å². The molecule has 0 aliphatic heterocycles. The molecule has 0 radical (unpaired) electrons. The van der Waals surface area contributed by atoms with E-state index in [-0.39, 0.29) is 17.7 Å². The monoisotopic (exact) mass is 521 g/mol. The highest BCUT2D eigenvalue weighted by Gasteiger charge is 2.32. The number of H-pyrrole nitrogens is 1. The number of aromatic nitrogens is 3. The van der Waals surface area contributed by atoms with Gasteiger partial charge in [-0.15, -0.1) is 0 Å². The topological polar surface area (TPSA) is 108 Å². The Kier molecular flexibility index (Phi) is 6.54. The van der Waals surface area contributed by atoms with E-state index in [0.717, 1.165) is 16.6 Å². The van der Waals surface area contributed by atoms with E-state index in [1.807, 2.05) is 0 Å². The molecule has 0 atom stereocenters. The van der Waals surface area contributed by atoms with Gasteiger partial charge < -0.3 is 4.98 Å². The Morgan fingerprint density at radius 1 is 1.08 bits per heavy atom. The van der Waals surface area contributed by atoms with Crippen molar-refractivity contribution in [2.45, 2.75) is 13.1 Å². The van der Waals surface area contributed by atoms with Crippen LogP contribution in [0, 0.1) is 5.82 Å². The number of aromatic amines is 1. The number of nitrogens with one attached hydrogen (secondary N) is 2. The Labute approximate surface area is 203 Å². The molecule has 36 heavy (non-hydrogen) atoms. The van der Waals surface area contributed by atoms with Gasteiger partial charge in [-0.25, -0.2) is 9.37 Å². The second-order valence-electron chi connectivity index (χ2n) is 7.77. The molecular weight excluding hydrogens is 502 g/mol. The summed E-state index contributed by atoms with van der Waals surface area (Å²) in [7, 11) is -2.71. The van der Waals surface area contributed by atoms with E-state index >= 15 is 4.39 Å². The molecule has 3 heterocycles. The molecule has 0 saturated carbocycles. The molecule has 0 bridgehead atoms. The number of ketones is 1. The van der Waals surface area contributed by atoms with E-state index in [0.29, 0.717) is 22.2 Å². The average Bonchev–Trinajstić information content (AvgIpc) is 3.27. The van der Waals surface area contributed by atoms with Gasteiger partial charge in [-0.3, -0.25) is 14.5 Å². The lowest BCUT2D eigenvalue weighted by atomic mass is 10.0. The maximum Gasteiger partial charge on any atom is 0.433 e. The predicted molar refractivity (Wildman–Crippen MR) is 125 cm³/mol. The van der Waals surface area contributed by atoms with Gasteiger partial charge in [0, 0.05) is 54.3 Å². The molecule has 0 saturated heterocycles. The van der Waals surface area contributed by atoms with Crippen LogP contribution >= 0.6 is 0 Å². The Balaban J connectivity index is 1.71. The number of rotatable bonds is 7. The molecule has 0 amide bonds. The largest absolute Gasteiger partial charge is 0.433 e. The third-order valence-corrected chi connectivity index (χ3v) is 7.06. The first kappa shape index (κ1) is 25.3. The second-order valence-corrected chi connectivity index (χ2v) is 9.55. The zero-order chi connectivity index (χ0) is 26.3. The maximum absolute atomic E-state index is 15.2. The number of carbonyl (C=O) groups excluding carboxylic acids is 1. The lowest BCUT2D eigenvalue weighted by molar-refractivity contribution is -0.141. The second kappa shape index (κ2) is 9.32. The third-order valence-electron chi connectivity index (χ3n) is 5.50. The standard InChI is InChI=1S/C23H19F4N5O3S/c1-3-32(2)36(34,35)31-18-6-4-5-15(20(18)24)21(33)17-12-30-22-16(17)9-14(11-29-22)13-7-8-19(28-10-13)23(25,26)27/h4-12,31H,3H2,1-2H3,(H,29,30). The Bertz CT molecular complexity index is 1550. The molecule has 0 unspecified atom stereocenters. The summed E-state index contributed by atoms with van der Waals surface area (Å²) in [6, 6.07) is 7.34. The predicted octanol–water partition coefficient (Wildman–Crippen LogP) is 4.62. The molecular formula is C23H19F4N5O3S. The van der Waals surface area contributed by atoms with E-state index in [4.69, 9.17) is 0 Å². The molecule has 0 aliphatic carbocycles. The molecule has 0 aliphatic rings. The minimum absolute atomic E-state index is 0.0452. The van der Waals surface area contributed by atoms with E-state index in [9.17, 15) is 26.4 Å². The fourth-order valence-corrected chi connectivity index (χ4v) is 4.33. The maximum atomic E-state index is 15.2. The van der Waals surface area contributed by atoms with E-state index < -0.39 is 39.4 Å². The van der Waals surface area contributed by atoms with Gasteiger partial charge in [0.05, 0.1) is 11.3 Å². The van der Waals surface area contributed by atoms with Crippen molar-refractivity contribution < 1.29 is 30.8 Å². The summed E-state index contributed by atoms with van der Waals surface area (Å²) in [5.41, 5.74) is -0.754. The molecule has 8 nitrogen and oxygen atoms in total. The number of anilines is 1. The highest BCUT2D eigenvalue weighted by atomic mass is 32.2. The van der Waals surface area contributed by atoms with Crippen molar-refractivity contribution in [3.63, 3.8) is 0 Å². The van der Waals surface area contributed by atoms with Crippen molar-refractivity contribution in [1.29, 1.82) is 0 Å². The van der Waals surface area contributed by atoms with Gasteiger partial charge >= 0.3 is 16.4 Å². The first-order valence-corrected chi connectivity index (χ1v) is 11.9. The molecule has 4 rings (SSSR count). The summed E-state index contributed by atoms with van der Waals surface area (Å²) >= 11 is 0. The van der Waals surface area contributed by atoms with Crippen LogP contribution in [0.4, 0.5) is 23.2 Å². The minimum Gasteiger partial charge on any atom is -0.345 e. The van der Waals surface area contributed by atoms with Gasteiger partial charge in [0.25, 0.3) is 0 Å². The normalized spacial score (nSPS) is 12.3. The van der Waals surface area contributed by atoms with E-state index in [2.05, 4.69) is 19.7 Å². The van der Waals surface area contributed by atoms with Crippen LogP contribution in [-0.2, 0) is 16.4 Å². The smallest absolute Gasteiger partial charge is 0.345 e. The molecule has 2 N–H and O–H groups in total. The third kappa shape index (κ3) is 4.79. The van der Waals surface area contributed by atoms with Crippen LogP contribution in [0.15, 0.2) is 55.0 Å². The van der Waals surface area contributed by atoms with Crippen molar-refractivity contribution in [3.8, 4) is 11.1 Å². The van der Waals surface area contributed by atoms with Gasteiger partial charge in [-0.2, -0.15) is 25.9 Å². The van der Waals surface area contributed by atoms with Crippen LogP contribution in [0.3, 0.4) is 0 Å². The summed E-state index contributed by atoms with van der Waals surface area (Å²) in [5, 5.41) is 0.300. The summed E-state index contributed by atoms with van der Waals surface area (Å²) in [6.45, 7) is 1.75. The highest BCUT2D eigenvalue weighted by Crippen LogP contribution is 2.31. The molecule has 0 spiro atoms. The van der Waals surface area contributed by atoms with Crippen molar-refractivity contribution in [2.75, 3.05) is 18.3 Å². The lowest BCUT2D eigenvalue weighted by Crippen LogP contribution is -2.32. The number of fused-ring (bicyclic) bond motifs is 1. The molecule has 188 valence electrons. The number of hydrogen-bond acceptors (Lipinski definition) is 5. The summed E-state index contributed by atoms with van der Waals surface area (Å²) in [4.78, 5) is 23.7. The van der Waals surface area contributed by atoms with Gasteiger partial charge in [0.15, 0.2) is 11.6 Å². The molecule has 3 aromatic heterocycles. The van der Waals surface area contributed by atoms with Gasteiger partial charge in [-0.1, -0.05) is 19.1 Å². The van der Waals surface area contributed by atoms with Crippen LogP contribution in [0.1, 0.15) is 28.5 Å². The molecule has 4 aromatic rings. The van der Waals surface area contributed by atoms with Gasteiger partial charge in [-0.05, 0) is 24.3 Å². The quantitative estimate of drug-likeness (QED) is 0.273. The molecule has 1 aromatic carbocycles. The summed E-state index contributed by atoms with van der Waals surface area (Å²) < 4.78 is 81.3.